The van der Waals surface area contributed by atoms with Crippen LogP contribution in [0, 0.1) is 0 Å². The van der Waals surface area contributed by atoms with Crippen LogP contribution in [-0.2, 0) is 0 Å². The lowest BCUT2D eigenvalue weighted by molar-refractivity contribution is -0.246. The van der Waals surface area contributed by atoms with E-state index in [0.29, 0.717) is 0 Å². The predicted molar refractivity (Wildman–Crippen MR) is 54.4 cm³/mol. The van der Waals surface area contributed by atoms with E-state index in [-0.39, 0.29) is 6.42 Å². The lowest BCUT2D eigenvalue weighted by Gasteiger charge is -2.46. The minimum Gasteiger partial charge on any atom is -0.390 e. The maximum atomic E-state index is 10.0. The first-order valence-electron chi connectivity index (χ1n) is 5.08. The van der Waals surface area contributed by atoms with Crippen molar-refractivity contribution < 1.29 is 30.6 Å². The second kappa shape index (κ2) is 4.79. The molecule has 6 heteroatoms. The average Bonchev–Trinajstić information content (AvgIpc) is 2.24. The number of aliphatic hydroxyl groups excluding tert-OH is 5. The van der Waals surface area contributed by atoms with Crippen LogP contribution in [0.25, 0.3) is 0 Å². The monoisotopic (exact) mass is 234 g/mol. The Labute approximate surface area is 93.1 Å². The summed E-state index contributed by atoms with van der Waals surface area (Å²) in [7, 11) is 0. The van der Waals surface area contributed by atoms with Crippen LogP contribution in [0.15, 0.2) is 12.7 Å². The highest BCUT2D eigenvalue weighted by Gasteiger charge is 2.54. The summed E-state index contributed by atoms with van der Waals surface area (Å²) in [6.07, 6.45) is -6.79. The fraction of sp³-hybridized carbons (Fsp3) is 0.800. The molecule has 1 aliphatic rings. The van der Waals surface area contributed by atoms with E-state index < -0.39 is 42.5 Å². The first kappa shape index (κ1) is 13.6. The van der Waals surface area contributed by atoms with Gasteiger partial charge in [-0.1, -0.05) is 6.08 Å². The van der Waals surface area contributed by atoms with Gasteiger partial charge in [0.05, 0.1) is 12.2 Å². The predicted octanol–water partition coefficient (Wildman–Crippen LogP) is -2.50. The van der Waals surface area contributed by atoms with Gasteiger partial charge in [-0.2, -0.15) is 0 Å². The molecule has 0 aliphatic heterocycles. The maximum Gasteiger partial charge on any atom is 0.122 e. The normalized spacial score (nSPS) is 46.4. The van der Waals surface area contributed by atoms with E-state index in [2.05, 4.69) is 6.58 Å². The molecule has 1 fully saturated rings. The first-order chi connectivity index (χ1) is 7.34. The molecule has 0 bridgehead atoms. The molecule has 94 valence electrons. The SMILES string of the molecule is C=CCC(O)C1(O)CC(O)C(O)[C@@H](O)C1O. The Morgan fingerprint density at radius 3 is 2.31 bits per heavy atom. The molecule has 0 aromatic rings. The standard InChI is InChI=1S/C10H18O6/c1-2-3-6(12)10(16)4-5(11)7(13)8(14)9(10)15/h2,5-9,11-16H,1,3-4H2/t5?,6?,7?,8-,9?,10?/m1/s1. The van der Waals surface area contributed by atoms with Crippen LogP contribution in [0.1, 0.15) is 12.8 Å². The molecule has 0 aromatic carbocycles. The second-order valence-corrected chi connectivity index (χ2v) is 4.23. The zero-order chi connectivity index (χ0) is 12.5. The third-order valence-corrected chi connectivity index (χ3v) is 3.08. The molecule has 0 aromatic heterocycles. The van der Waals surface area contributed by atoms with Crippen LogP contribution in [0.2, 0.25) is 0 Å². The first-order valence-corrected chi connectivity index (χ1v) is 5.08. The van der Waals surface area contributed by atoms with Gasteiger partial charge in [-0.3, -0.25) is 0 Å². The van der Waals surface area contributed by atoms with Crippen molar-refractivity contribution >= 4 is 0 Å². The third-order valence-electron chi connectivity index (χ3n) is 3.08. The van der Waals surface area contributed by atoms with E-state index in [0.717, 1.165) is 0 Å². The Kier molecular flexibility index (Phi) is 4.06. The molecule has 6 nitrogen and oxygen atoms in total. The van der Waals surface area contributed by atoms with Crippen molar-refractivity contribution in [2.75, 3.05) is 0 Å². The Bertz CT molecular complexity index is 258. The van der Waals surface area contributed by atoms with Gasteiger partial charge in [-0.25, -0.2) is 0 Å². The summed E-state index contributed by atoms with van der Waals surface area (Å²) < 4.78 is 0. The Hall–Kier alpha value is -0.500. The molecule has 5 unspecified atom stereocenters. The van der Waals surface area contributed by atoms with Crippen LogP contribution in [0.5, 0.6) is 0 Å². The Morgan fingerprint density at radius 1 is 1.25 bits per heavy atom. The third kappa shape index (κ3) is 2.13. The fourth-order valence-corrected chi connectivity index (χ4v) is 1.98. The highest BCUT2D eigenvalue weighted by atomic mass is 16.4. The minimum atomic E-state index is -2.05. The van der Waals surface area contributed by atoms with Crippen LogP contribution >= 0.6 is 0 Å². The minimum absolute atomic E-state index is 0.00307. The molecule has 0 spiro atoms. The maximum absolute atomic E-state index is 10.0. The van der Waals surface area contributed by atoms with Crippen molar-refractivity contribution in [2.24, 2.45) is 0 Å². The lowest BCUT2D eigenvalue weighted by atomic mass is 9.73. The number of hydrogen-bond donors (Lipinski definition) is 6. The fourth-order valence-electron chi connectivity index (χ4n) is 1.98. The van der Waals surface area contributed by atoms with Gasteiger partial charge in [0.1, 0.15) is 23.9 Å². The molecule has 1 saturated carbocycles. The summed E-state index contributed by atoms with van der Waals surface area (Å²) in [5, 5.41) is 57.4. The molecule has 6 N–H and O–H groups in total. The number of rotatable bonds is 3. The zero-order valence-corrected chi connectivity index (χ0v) is 8.77. The van der Waals surface area contributed by atoms with Gasteiger partial charge in [0.2, 0.25) is 0 Å². The van der Waals surface area contributed by atoms with Gasteiger partial charge < -0.3 is 30.6 Å². The molecule has 0 saturated heterocycles. The Balaban J connectivity index is 2.90. The largest absolute Gasteiger partial charge is 0.390 e. The topological polar surface area (TPSA) is 121 Å². The van der Waals surface area contributed by atoms with Crippen molar-refractivity contribution in [3.05, 3.63) is 12.7 Å². The van der Waals surface area contributed by atoms with Gasteiger partial charge in [0, 0.05) is 6.42 Å². The molecular formula is C10H18O6. The smallest absolute Gasteiger partial charge is 0.122 e. The Morgan fingerprint density at radius 2 is 1.81 bits per heavy atom. The van der Waals surface area contributed by atoms with Gasteiger partial charge in [0.15, 0.2) is 0 Å². The van der Waals surface area contributed by atoms with E-state index >= 15 is 0 Å². The van der Waals surface area contributed by atoms with E-state index in [1.165, 1.54) is 6.08 Å². The molecule has 1 aliphatic carbocycles. The highest BCUT2D eigenvalue weighted by Crippen LogP contribution is 2.33. The molecule has 0 heterocycles. The van der Waals surface area contributed by atoms with Gasteiger partial charge in [-0.15, -0.1) is 6.58 Å². The quantitative estimate of drug-likeness (QED) is 0.300. The highest BCUT2D eigenvalue weighted by molar-refractivity contribution is 5.06. The molecule has 1 rings (SSSR count). The van der Waals surface area contributed by atoms with Crippen molar-refractivity contribution in [1.29, 1.82) is 0 Å². The molecule has 16 heavy (non-hydrogen) atoms. The summed E-state index contributed by atoms with van der Waals surface area (Å²) >= 11 is 0. The van der Waals surface area contributed by atoms with Gasteiger partial charge in [-0.05, 0) is 6.42 Å². The van der Waals surface area contributed by atoms with Crippen LogP contribution in [0.3, 0.4) is 0 Å². The molecule has 0 radical (unpaired) electrons. The van der Waals surface area contributed by atoms with Crippen LogP contribution < -0.4 is 0 Å². The van der Waals surface area contributed by atoms with Gasteiger partial charge in [0.25, 0.3) is 0 Å². The van der Waals surface area contributed by atoms with E-state index in [9.17, 15) is 30.6 Å². The number of hydrogen-bond acceptors (Lipinski definition) is 6. The zero-order valence-electron chi connectivity index (χ0n) is 8.77. The average molecular weight is 234 g/mol. The van der Waals surface area contributed by atoms with Crippen LogP contribution in [0.4, 0.5) is 0 Å². The van der Waals surface area contributed by atoms with Crippen molar-refractivity contribution in [3.8, 4) is 0 Å². The summed E-state index contributed by atoms with van der Waals surface area (Å²) in [6.45, 7) is 3.38. The van der Waals surface area contributed by atoms with Crippen molar-refractivity contribution in [1.82, 2.24) is 0 Å². The molecular weight excluding hydrogens is 216 g/mol. The van der Waals surface area contributed by atoms with E-state index in [4.69, 9.17) is 0 Å². The summed E-state index contributed by atoms with van der Waals surface area (Å²) in [6, 6.07) is 0. The number of aliphatic hydroxyl groups is 6. The molecule has 6 atom stereocenters. The summed E-state index contributed by atoms with van der Waals surface area (Å²) in [5.74, 6) is 0. The lowest BCUT2D eigenvalue weighted by Crippen LogP contribution is -2.66. The second-order valence-electron chi connectivity index (χ2n) is 4.23. The van der Waals surface area contributed by atoms with Crippen LogP contribution in [-0.4, -0.2) is 66.8 Å². The van der Waals surface area contributed by atoms with Crippen molar-refractivity contribution in [2.45, 2.75) is 49.0 Å². The van der Waals surface area contributed by atoms with E-state index in [1.807, 2.05) is 0 Å². The van der Waals surface area contributed by atoms with Crippen molar-refractivity contribution in [3.63, 3.8) is 0 Å². The molecule has 0 amide bonds. The summed E-state index contributed by atoms with van der Waals surface area (Å²) in [4.78, 5) is 0. The summed E-state index contributed by atoms with van der Waals surface area (Å²) in [5.41, 5.74) is -2.05. The van der Waals surface area contributed by atoms with E-state index in [1.54, 1.807) is 0 Å². The van der Waals surface area contributed by atoms with Gasteiger partial charge >= 0.3 is 0 Å².